The van der Waals surface area contributed by atoms with Gasteiger partial charge in [0.1, 0.15) is 0 Å². The molecule has 0 saturated carbocycles. The van der Waals surface area contributed by atoms with E-state index in [1.807, 2.05) is 19.1 Å². The lowest BCUT2D eigenvalue weighted by atomic mass is 10.1. The molecule has 1 aromatic carbocycles. The van der Waals surface area contributed by atoms with Crippen molar-refractivity contribution >= 4 is 17.5 Å². The fourth-order valence-corrected chi connectivity index (χ4v) is 1.82. The van der Waals surface area contributed by atoms with Gasteiger partial charge in [-0.1, -0.05) is 36.6 Å². The number of carbonyl (C=O) groups excluding carboxylic acids is 1. The number of terminal acetylenes is 1. The lowest BCUT2D eigenvalue weighted by Gasteiger charge is -2.19. The Bertz CT molecular complexity index is 422. The second-order valence-electron chi connectivity index (χ2n) is 3.83. The summed E-state index contributed by atoms with van der Waals surface area (Å²) >= 11 is 5.87. The van der Waals surface area contributed by atoms with E-state index < -0.39 is 0 Å². The van der Waals surface area contributed by atoms with E-state index >= 15 is 0 Å². The highest BCUT2D eigenvalue weighted by Gasteiger charge is 2.11. The predicted octanol–water partition coefficient (Wildman–Crippen LogP) is 2.75. The van der Waals surface area contributed by atoms with E-state index in [0.717, 1.165) is 12.0 Å². The zero-order chi connectivity index (χ0) is 12.7. The van der Waals surface area contributed by atoms with E-state index in [1.165, 1.54) is 0 Å². The number of hydrogen-bond acceptors (Lipinski definition) is 1. The molecule has 1 amide bonds. The van der Waals surface area contributed by atoms with Crippen LogP contribution in [0.15, 0.2) is 24.3 Å². The van der Waals surface area contributed by atoms with Gasteiger partial charge in [-0.15, -0.1) is 6.42 Å². The van der Waals surface area contributed by atoms with E-state index in [1.54, 1.807) is 17.0 Å². The Kier molecular flexibility index (Phi) is 5.59. The van der Waals surface area contributed by atoms with Crippen LogP contribution >= 0.6 is 11.6 Å². The monoisotopic (exact) mass is 249 g/mol. The van der Waals surface area contributed by atoms with Gasteiger partial charge < -0.3 is 4.90 Å². The zero-order valence-electron chi connectivity index (χ0n) is 9.95. The molecule has 0 heterocycles. The fraction of sp³-hybridized carbons (Fsp3) is 0.357. The van der Waals surface area contributed by atoms with Crippen LogP contribution in [-0.2, 0) is 11.2 Å². The molecule has 90 valence electrons. The Morgan fingerprint density at radius 2 is 2.29 bits per heavy atom. The van der Waals surface area contributed by atoms with Crippen molar-refractivity contribution in [1.82, 2.24) is 4.90 Å². The lowest BCUT2D eigenvalue weighted by molar-refractivity contribution is -0.129. The topological polar surface area (TPSA) is 20.3 Å². The summed E-state index contributed by atoms with van der Waals surface area (Å²) in [5.41, 5.74) is 0.917. The third-order valence-electron chi connectivity index (χ3n) is 2.37. The van der Waals surface area contributed by atoms with Crippen molar-refractivity contribution in [2.45, 2.75) is 19.8 Å². The first kappa shape index (κ1) is 13.6. The zero-order valence-corrected chi connectivity index (χ0v) is 10.7. The summed E-state index contributed by atoms with van der Waals surface area (Å²) in [7, 11) is 0. The highest BCUT2D eigenvalue weighted by molar-refractivity contribution is 6.30. The normalized spacial score (nSPS) is 9.71. The van der Waals surface area contributed by atoms with Crippen LogP contribution in [0, 0.1) is 12.3 Å². The molecule has 1 aromatic rings. The van der Waals surface area contributed by atoms with Crippen LogP contribution in [0.25, 0.3) is 0 Å². The van der Waals surface area contributed by atoms with Crippen LogP contribution in [0.3, 0.4) is 0 Å². The number of carbonyl (C=O) groups is 1. The van der Waals surface area contributed by atoms with E-state index in [0.29, 0.717) is 24.5 Å². The third kappa shape index (κ3) is 4.50. The minimum atomic E-state index is 0.0482. The molecule has 0 aliphatic heterocycles. The largest absolute Gasteiger partial charge is 0.331 e. The van der Waals surface area contributed by atoms with Crippen LogP contribution in [-0.4, -0.2) is 23.9 Å². The summed E-state index contributed by atoms with van der Waals surface area (Å²) in [6, 6.07) is 7.33. The average Bonchev–Trinajstić information content (AvgIpc) is 2.28. The number of amides is 1. The van der Waals surface area contributed by atoms with Crippen LogP contribution in [0.2, 0.25) is 5.02 Å². The van der Waals surface area contributed by atoms with Crippen molar-refractivity contribution in [2.75, 3.05) is 13.1 Å². The van der Waals surface area contributed by atoms with Gasteiger partial charge >= 0.3 is 0 Å². The van der Waals surface area contributed by atoms with E-state index in [9.17, 15) is 4.79 Å². The summed E-state index contributed by atoms with van der Waals surface area (Å²) in [6.45, 7) is 3.09. The molecule has 1 rings (SSSR count). The highest BCUT2D eigenvalue weighted by atomic mass is 35.5. The van der Waals surface area contributed by atoms with Crippen molar-refractivity contribution in [1.29, 1.82) is 0 Å². The molecule has 0 unspecified atom stereocenters. The van der Waals surface area contributed by atoms with E-state index in [-0.39, 0.29) is 5.91 Å². The first-order valence-electron chi connectivity index (χ1n) is 5.63. The molecule has 0 atom stereocenters. The van der Waals surface area contributed by atoms with E-state index in [2.05, 4.69) is 5.92 Å². The minimum Gasteiger partial charge on any atom is -0.331 e. The van der Waals surface area contributed by atoms with Gasteiger partial charge in [0.15, 0.2) is 0 Å². The first-order valence-corrected chi connectivity index (χ1v) is 6.00. The second kappa shape index (κ2) is 6.98. The summed E-state index contributed by atoms with van der Waals surface area (Å²) in [4.78, 5) is 13.7. The number of halogens is 1. The number of hydrogen-bond donors (Lipinski definition) is 0. The number of rotatable bonds is 5. The maximum atomic E-state index is 12.0. The molecule has 0 fully saturated rings. The van der Waals surface area contributed by atoms with E-state index in [4.69, 9.17) is 18.0 Å². The Morgan fingerprint density at radius 1 is 1.53 bits per heavy atom. The maximum absolute atomic E-state index is 12.0. The number of benzene rings is 1. The van der Waals surface area contributed by atoms with Gasteiger partial charge in [-0.2, -0.15) is 0 Å². The molecule has 0 bridgehead atoms. The van der Waals surface area contributed by atoms with Crippen LogP contribution in [0.5, 0.6) is 0 Å². The average molecular weight is 250 g/mol. The van der Waals surface area contributed by atoms with Crippen molar-refractivity contribution in [3.63, 3.8) is 0 Å². The third-order valence-corrected chi connectivity index (χ3v) is 2.61. The molecule has 0 N–H and O–H groups in total. The van der Waals surface area contributed by atoms with Gasteiger partial charge in [-0.25, -0.2) is 0 Å². The second-order valence-corrected chi connectivity index (χ2v) is 4.26. The molecular formula is C14H16ClNO. The maximum Gasteiger partial charge on any atom is 0.227 e. The lowest BCUT2D eigenvalue weighted by Crippen LogP contribution is -2.33. The smallest absolute Gasteiger partial charge is 0.227 e. The minimum absolute atomic E-state index is 0.0482. The van der Waals surface area contributed by atoms with Crippen LogP contribution < -0.4 is 0 Å². The SMILES string of the molecule is C#CCN(CCC)C(=O)Cc1cccc(Cl)c1. The Morgan fingerprint density at radius 3 is 2.88 bits per heavy atom. The Labute approximate surface area is 108 Å². The van der Waals surface area contributed by atoms with Crippen molar-refractivity contribution in [2.24, 2.45) is 0 Å². The van der Waals surface area contributed by atoms with Crippen LogP contribution in [0.4, 0.5) is 0 Å². The molecule has 0 aromatic heterocycles. The first-order chi connectivity index (χ1) is 8.17. The van der Waals surface area contributed by atoms with Gasteiger partial charge in [0, 0.05) is 11.6 Å². The standard InChI is InChI=1S/C14H16ClNO/c1-3-8-16(9-4-2)14(17)11-12-6-5-7-13(15)10-12/h1,5-7,10H,4,8-9,11H2,2H3. The van der Waals surface area contributed by atoms with Gasteiger partial charge in [-0.05, 0) is 24.1 Å². The molecule has 0 radical (unpaired) electrons. The molecule has 0 saturated heterocycles. The summed E-state index contributed by atoms with van der Waals surface area (Å²) in [5, 5.41) is 0.647. The molecule has 3 heteroatoms. The molecule has 2 nitrogen and oxygen atoms in total. The molecule has 17 heavy (non-hydrogen) atoms. The van der Waals surface area contributed by atoms with Gasteiger partial charge in [0.25, 0.3) is 0 Å². The summed E-state index contributed by atoms with van der Waals surface area (Å²) in [6.07, 6.45) is 6.51. The number of nitrogens with zero attached hydrogens (tertiary/aromatic N) is 1. The van der Waals surface area contributed by atoms with Gasteiger partial charge in [-0.3, -0.25) is 4.79 Å². The molecule has 0 aliphatic rings. The Balaban J connectivity index is 2.66. The van der Waals surface area contributed by atoms with Crippen molar-refractivity contribution in [3.8, 4) is 12.3 Å². The van der Waals surface area contributed by atoms with Crippen molar-refractivity contribution < 1.29 is 4.79 Å². The van der Waals surface area contributed by atoms with Crippen LogP contribution in [0.1, 0.15) is 18.9 Å². The molecular weight excluding hydrogens is 234 g/mol. The van der Waals surface area contributed by atoms with Crippen molar-refractivity contribution in [3.05, 3.63) is 34.9 Å². The summed E-state index contributed by atoms with van der Waals surface area (Å²) < 4.78 is 0. The molecule has 0 aliphatic carbocycles. The van der Waals surface area contributed by atoms with Gasteiger partial charge in [0.2, 0.25) is 5.91 Å². The van der Waals surface area contributed by atoms with Gasteiger partial charge in [0.05, 0.1) is 13.0 Å². The predicted molar refractivity (Wildman–Crippen MR) is 70.9 cm³/mol. The highest BCUT2D eigenvalue weighted by Crippen LogP contribution is 2.12. The molecule has 0 spiro atoms. The Hall–Kier alpha value is -1.46. The summed E-state index contributed by atoms with van der Waals surface area (Å²) in [5.74, 6) is 2.56. The quantitative estimate of drug-likeness (QED) is 0.735. The fourth-order valence-electron chi connectivity index (χ4n) is 1.61.